The summed E-state index contributed by atoms with van der Waals surface area (Å²) in [5, 5.41) is 7.95. The molecule has 0 fully saturated rings. The Hall–Kier alpha value is -2.47. The van der Waals surface area contributed by atoms with Crippen LogP contribution in [0.3, 0.4) is 0 Å². The van der Waals surface area contributed by atoms with E-state index in [-0.39, 0.29) is 34.1 Å². The molecule has 0 amide bonds. The molecule has 152 valence electrons. The Bertz CT molecular complexity index is 1060. The molecule has 2 aromatic carbocycles. The predicted molar refractivity (Wildman–Crippen MR) is 104 cm³/mol. The second-order valence-corrected chi connectivity index (χ2v) is 9.21. The molecule has 0 spiro atoms. The number of sulfonamides is 2. The van der Waals surface area contributed by atoms with Gasteiger partial charge in [-0.25, -0.2) is 31.5 Å². The van der Waals surface area contributed by atoms with Gasteiger partial charge in [-0.15, -0.1) is 0 Å². The quantitative estimate of drug-likeness (QED) is 0.418. The molecule has 0 aliphatic carbocycles. The van der Waals surface area contributed by atoms with E-state index >= 15 is 0 Å². The van der Waals surface area contributed by atoms with E-state index in [1.807, 2.05) is 6.92 Å². The van der Waals surface area contributed by atoms with Crippen LogP contribution in [-0.2, 0) is 24.8 Å². The summed E-state index contributed by atoms with van der Waals surface area (Å²) >= 11 is 0. The molecule has 4 N–H and O–H groups in total. The topological polar surface area (TPSA) is 145 Å². The third kappa shape index (κ3) is 5.52. The van der Waals surface area contributed by atoms with Gasteiger partial charge in [0.1, 0.15) is 0 Å². The van der Waals surface area contributed by atoms with Crippen molar-refractivity contribution in [3.8, 4) is 0 Å². The fourth-order valence-corrected chi connectivity index (χ4v) is 3.89. The molecule has 0 aromatic heterocycles. The number of methoxy groups -OCH3 is 1. The first-order valence-corrected chi connectivity index (χ1v) is 11.1. The van der Waals surface area contributed by atoms with Crippen molar-refractivity contribution in [2.45, 2.75) is 16.7 Å². The summed E-state index contributed by atoms with van der Waals surface area (Å²) in [5.41, 5.74) is 1.20. The lowest BCUT2D eigenvalue weighted by Crippen LogP contribution is -2.29. The zero-order valence-electron chi connectivity index (χ0n) is 15.3. The average Bonchev–Trinajstić information content (AvgIpc) is 2.64. The maximum absolute atomic E-state index is 12.2. The summed E-state index contributed by atoms with van der Waals surface area (Å²) in [6, 6.07) is 10.1. The predicted octanol–water partition coefficient (Wildman–Crippen LogP) is 0.819. The van der Waals surface area contributed by atoms with Gasteiger partial charge in [0.15, 0.2) is 0 Å². The molecule has 2 aromatic rings. The van der Waals surface area contributed by atoms with E-state index in [0.717, 1.165) is 18.7 Å². The van der Waals surface area contributed by atoms with Crippen LogP contribution in [0.2, 0.25) is 0 Å². The van der Waals surface area contributed by atoms with E-state index in [9.17, 15) is 21.6 Å². The molecule has 0 bridgehead atoms. The monoisotopic (exact) mass is 427 g/mol. The highest BCUT2D eigenvalue weighted by Crippen LogP contribution is 2.20. The largest absolute Gasteiger partial charge is 0.465 e. The van der Waals surface area contributed by atoms with Crippen molar-refractivity contribution in [2.24, 2.45) is 5.14 Å². The number of carbonyl (C=O) groups is 1. The van der Waals surface area contributed by atoms with Crippen molar-refractivity contribution < 1.29 is 26.4 Å². The Morgan fingerprint density at radius 3 is 2.18 bits per heavy atom. The first-order valence-electron chi connectivity index (χ1n) is 8.10. The smallest absolute Gasteiger partial charge is 0.340 e. The van der Waals surface area contributed by atoms with Crippen molar-refractivity contribution in [2.75, 3.05) is 25.5 Å². The van der Waals surface area contributed by atoms with Crippen LogP contribution in [0.1, 0.15) is 15.9 Å². The van der Waals surface area contributed by atoms with Crippen molar-refractivity contribution in [1.82, 2.24) is 4.72 Å². The molecule has 9 nitrogen and oxygen atoms in total. The van der Waals surface area contributed by atoms with Crippen LogP contribution in [-0.4, -0.2) is 43.0 Å². The lowest BCUT2D eigenvalue weighted by Gasteiger charge is -2.13. The third-order valence-corrected chi connectivity index (χ3v) is 6.18. The fraction of sp³-hybridized carbons (Fsp3) is 0.235. The van der Waals surface area contributed by atoms with Gasteiger partial charge in [0.2, 0.25) is 20.0 Å². The minimum Gasteiger partial charge on any atom is -0.465 e. The SMILES string of the molecule is COC(=O)c1cc(S(N)(=O)=O)ccc1NCCNS(=O)(=O)c1ccc(C)cc1. The Labute approximate surface area is 164 Å². The number of ether oxygens (including phenoxy) is 1. The van der Waals surface area contributed by atoms with E-state index < -0.39 is 26.0 Å². The van der Waals surface area contributed by atoms with Crippen LogP contribution in [0.25, 0.3) is 0 Å². The minimum atomic E-state index is -3.99. The number of primary sulfonamides is 1. The molecule has 2 rings (SSSR count). The summed E-state index contributed by atoms with van der Waals surface area (Å²) in [4.78, 5) is 11.8. The average molecular weight is 428 g/mol. The highest BCUT2D eigenvalue weighted by Gasteiger charge is 2.17. The zero-order chi connectivity index (χ0) is 20.9. The number of esters is 1. The maximum atomic E-state index is 12.2. The fourth-order valence-electron chi connectivity index (χ4n) is 2.32. The molecule has 0 saturated carbocycles. The van der Waals surface area contributed by atoms with Crippen molar-refractivity contribution >= 4 is 31.7 Å². The molecule has 0 atom stereocenters. The standard InChI is InChI=1S/C17H21N3O6S2/c1-12-3-5-13(6-4-12)28(24,25)20-10-9-19-16-8-7-14(27(18,22)23)11-15(16)17(21)26-2/h3-8,11,19-20H,9-10H2,1-2H3,(H2,18,22,23). The van der Waals surface area contributed by atoms with E-state index in [0.29, 0.717) is 0 Å². The Morgan fingerprint density at radius 1 is 1.00 bits per heavy atom. The number of aryl methyl sites for hydroxylation is 1. The number of nitrogens with one attached hydrogen (secondary N) is 2. The van der Waals surface area contributed by atoms with Crippen LogP contribution in [0, 0.1) is 6.92 Å². The number of hydrogen-bond donors (Lipinski definition) is 3. The molecule has 0 heterocycles. The van der Waals surface area contributed by atoms with Gasteiger partial charge < -0.3 is 10.1 Å². The van der Waals surface area contributed by atoms with Crippen LogP contribution in [0.5, 0.6) is 0 Å². The highest BCUT2D eigenvalue weighted by molar-refractivity contribution is 7.89. The molecular weight excluding hydrogens is 406 g/mol. The van der Waals surface area contributed by atoms with Gasteiger partial charge in [-0.1, -0.05) is 17.7 Å². The lowest BCUT2D eigenvalue weighted by atomic mass is 10.2. The van der Waals surface area contributed by atoms with Crippen LogP contribution in [0.15, 0.2) is 52.3 Å². The van der Waals surface area contributed by atoms with Gasteiger partial charge in [-0.05, 0) is 37.3 Å². The van der Waals surface area contributed by atoms with Gasteiger partial charge in [0.25, 0.3) is 0 Å². The molecule has 11 heteroatoms. The zero-order valence-corrected chi connectivity index (χ0v) is 16.9. The number of carbonyl (C=O) groups excluding carboxylic acids is 1. The molecule has 0 aliphatic heterocycles. The molecule has 0 unspecified atom stereocenters. The minimum absolute atomic E-state index is 0.0320. The van der Waals surface area contributed by atoms with E-state index in [2.05, 4.69) is 14.8 Å². The van der Waals surface area contributed by atoms with E-state index in [1.54, 1.807) is 12.1 Å². The van der Waals surface area contributed by atoms with E-state index in [1.165, 1.54) is 24.3 Å². The van der Waals surface area contributed by atoms with Crippen LogP contribution >= 0.6 is 0 Å². The number of anilines is 1. The Morgan fingerprint density at radius 2 is 1.61 bits per heavy atom. The lowest BCUT2D eigenvalue weighted by molar-refractivity contribution is 0.0601. The molecular formula is C17H21N3O6S2. The van der Waals surface area contributed by atoms with Gasteiger partial charge in [-0.2, -0.15) is 0 Å². The van der Waals surface area contributed by atoms with Crippen molar-refractivity contribution in [3.63, 3.8) is 0 Å². The Kier molecular flexibility index (Phi) is 6.77. The summed E-state index contributed by atoms with van der Waals surface area (Å²) in [5.74, 6) is -0.756. The van der Waals surface area contributed by atoms with Gasteiger partial charge >= 0.3 is 5.97 Å². The molecule has 0 aliphatic rings. The second kappa shape index (κ2) is 8.69. The first kappa shape index (κ1) is 21.8. The number of hydrogen-bond acceptors (Lipinski definition) is 7. The van der Waals surface area contributed by atoms with Gasteiger partial charge in [0.05, 0.1) is 22.5 Å². The van der Waals surface area contributed by atoms with Crippen molar-refractivity contribution in [1.29, 1.82) is 0 Å². The summed E-state index contributed by atoms with van der Waals surface area (Å²) in [6.45, 7) is 2.03. The van der Waals surface area contributed by atoms with E-state index in [4.69, 9.17) is 5.14 Å². The summed E-state index contributed by atoms with van der Waals surface area (Å²) < 4.78 is 54.5. The van der Waals surface area contributed by atoms with Gasteiger partial charge in [-0.3, -0.25) is 0 Å². The van der Waals surface area contributed by atoms with Crippen molar-refractivity contribution in [3.05, 3.63) is 53.6 Å². The Balaban J connectivity index is 2.08. The number of benzene rings is 2. The number of nitrogens with two attached hydrogens (primary N) is 1. The summed E-state index contributed by atoms with van der Waals surface area (Å²) in [7, 11) is -6.50. The second-order valence-electron chi connectivity index (χ2n) is 5.88. The molecule has 0 radical (unpaired) electrons. The normalized spacial score (nSPS) is 11.8. The number of rotatable bonds is 8. The third-order valence-electron chi connectivity index (χ3n) is 3.79. The highest BCUT2D eigenvalue weighted by atomic mass is 32.2. The molecule has 28 heavy (non-hydrogen) atoms. The van der Waals surface area contributed by atoms with Crippen LogP contribution in [0.4, 0.5) is 5.69 Å². The maximum Gasteiger partial charge on any atom is 0.340 e. The molecule has 0 saturated heterocycles. The van der Waals surface area contributed by atoms with Gasteiger partial charge in [0, 0.05) is 18.8 Å². The van der Waals surface area contributed by atoms with Crippen LogP contribution < -0.4 is 15.2 Å². The first-order chi connectivity index (χ1) is 13.0. The summed E-state index contributed by atoms with van der Waals surface area (Å²) in [6.07, 6.45) is 0.